The molecule has 4 aliphatic carbocycles. The zero-order valence-electron chi connectivity index (χ0n) is 20.6. The first kappa shape index (κ1) is 23.5. The molecule has 4 fully saturated rings. The summed E-state index contributed by atoms with van der Waals surface area (Å²) >= 11 is 0. The highest BCUT2D eigenvalue weighted by molar-refractivity contribution is 5.81. The highest BCUT2D eigenvalue weighted by atomic mass is 16.6. The van der Waals surface area contributed by atoms with Crippen LogP contribution >= 0.6 is 0 Å². The van der Waals surface area contributed by atoms with Gasteiger partial charge in [-0.1, -0.05) is 19.0 Å². The van der Waals surface area contributed by atoms with Gasteiger partial charge in [-0.25, -0.2) is 0 Å². The highest BCUT2D eigenvalue weighted by Crippen LogP contribution is 2.69. The summed E-state index contributed by atoms with van der Waals surface area (Å²) in [6.45, 7) is 8.44. The van der Waals surface area contributed by atoms with Gasteiger partial charge in [0.2, 0.25) is 0 Å². The van der Waals surface area contributed by atoms with E-state index in [1.165, 1.54) is 12.8 Å². The van der Waals surface area contributed by atoms with Crippen LogP contribution in [0.15, 0.2) is 5.16 Å². The predicted octanol–water partition coefficient (Wildman–Crippen LogP) is 4.47. The number of aliphatic hydroxyl groups is 2. The summed E-state index contributed by atoms with van der Waals surface area (Å²) in [4.78, 5) is 7.64. The van der Waals surface area contributed by atoms with Gasteiger partial charge in [-0.2, -0.15) is 0 Å². The lowest BCUT2D eigenvalue weighted by atomic mass is 9.43. The van der Waals surface area contributed by atoms with Gasteiger partial charge in [0.25, 0.3) is 0 Å². The second kappa shape index (κ2) is 8.61. The normalized spacial score (nSPS) is 47.6. The van der Waals surface area contributed by atoms with Crippen molar-refractivity contribution < 1.29 is 15.1 Å². The van der Waals surface area contributed by atoms with E-state index >= 15 is 0 Å². The van der Waals surface area contributed by atoms with Gasteiger partial charge in [0, 0.05) is 6.54 Å². The molecule has 0 bridgehead atoms. The van der Waals surface area contributed by atoms with Crippen molar-refractivity contribution in [3.05, 3.63) is 0 Å². The summed E-state index contributed by atoms with van der Waals surface area (Å²) in [6, 6.07) is 0. The lowest BCUT2D eigenvalue weighted by Gasteiger charge is -2.63. The van der Waals surface area contributed by atoms with Crippen molar-refractivity contribution in [2.45, 2.75) is 96.7 Å². The maximum Gasteiger partial charge on any atom is 0.129 e. The molecule has 0 amide bonds. The Balaban J connectivity index is 1.46. The van der Waals surface area contributed by atoms with Crippen LogP contribution in [0.1, 0.15) is 85.0 Å². The molecule has 0 aromatic rings. The molecule has 31 heavy (non-hydrogen) atoms. The van der Waals surface area contributed by atoms with Crippen LogP contribution in [0.5, 0.6) is 0 Å². The van der Waals surface area contributed by atoms with E-state index in [9.17, 15) is 10.2 Å². The third-order valence-electron chi connectivity index (χ3n) is 10.4. The molecule has 5 heteroatoms. The SMILES string of the molecule is CC(C[C@H]1CC[C@]2(O)[C@@H]3CC[C@@H]4C[C@@H](O)CC[C@]4(C)[C@H]3CC[C@]12C)=NOCCN(C)C. The molecule has 4 aliphatic rings. The first-order valence-electron chi connectivity index (χ1n) is 12.8. The number of hydrogen-bond acceptors (Lipinski definition) is 5. The maximum atomic E-state index is 12.3. The monoisotopic (exact) mass is 434 g/mol. The summed E-state index contributed by atoms with van der Waals surface area (Å²) in [5.74, 6) is 2.15. The summed E-state index contributed by atoms with van der Waals surface area (Å²) in [7, 11) is 4.08. The molecule has 0 heterocycles. The average Bonchev–Trinajstić information content (AvgIpc) is 2.97. The van der Waals surface area contributed by atoms with E-state index in [1.807, 2.05) is 14.1 Å². The Morgan fingerprint density at radius 3 is 2.55 bits per heavy atom. The molecule has 178 valence electrons. The second-order valence-corrected chi connectivity index (χ2v) is 12.2. The zero-order valence-corrected chi connectivity index (χ0v) is 20.6. The minimum atomic E-state index is -0.545. The van der Waals surface area contributed by atoms with Gasteiger partial charge in [-0.3, -0.25) is 0 Å². The van der Waals surface area contributed by atoms with E-state index < -0.39 is 5.60 Å². The van der Waals surface area contributed by atoms with Crippen molar-refractivity contribution in [3.8, 4) is 0 Å². The number of hydrogen-bond donors (Lipinski definition) is 2. The zero-order chi connectivity index (χ0) is 22.4. The smallest absolute Gasteiger partial charge is 0.129 e. The van der Waals surface area contributed by atoms with Gasteiger partial charge in [-0.15, -0.1) is 0 Å². The van der Waals surface area contributed by atoms with Crippen LogP contribution in [0.3, 0.4) is 0 Å². The van der Waals surface area contributed by atoms with Gasteiger partial charge in [0.05, 0.1) is 17.4 Å². The largest absolute Gasteiger partial charge is 0.394 e. The molecular weight excluding hydrogens is 388 g/mol. The van der Waals surface area contributed by atoms with E-state index in [0.29, 0.717) is 35.7 Å². The molecule has 4 rings (SSSR count). The second-order valence-electron chi connectivity index (χ2n) is 12.2. The molecule has 0 aromatic carbocycles. The fraction of sp³-hybridized carbons (Fsp3) is 0.962. The molecule has 2 N–H and O–H groups in total. The molecular formula is C26H46N2O3. The Kier molecular flexibility index (Phi) is 6.53. The maximum absolute atomic E-state index is 12.3. The van der Waals surface area contributed by atoms with Crippen LogP contribution in [0.4, 0.5) is 0 Å². The molecule has 8 atom stereocenters. The average molecular weight is 435 g/mol. The fourth-order valence-corrected chi connectivity index (χ4v) is 8.41. The van der Waals surface area contributed by atoms with Crippen LogP contribution in [0.25, 0.3) is 0 Å². The Morgan fingerprint density at radius 2 is 1.81 bits per heavy atom. The third kappa shape index (κ3) is 3.97. The van der Waals surface area contributed by atoms with Crippen molar-refractivity contribution in [1.82, 2.24) is 4.90 Å². The molecule has 0 unspecified atom stereocenters. The Bertz CT molecular complexity index is 682. The molecule has 0 aliphatic heterocycles. The van der Waals surface area contributed by atoms with Crippen LogP contribution in [-0.2, 0) is 4.84 Å². The Hall–Kier alpha value is -0.650. The topological polar surface area (TPSA) is 65.3 Å². The van der Waals surface area contributed by atoms with Crippen LogP contribution in [0, 0.1) is 34.5 Å². The van der Waals surface area contributed by atoms with E-state index in [0.717, 1.165) is 63.6 Å². The molecule has 4 saturated carbocycles. The summed E-state index contributed by atoms with van der Waals surface area (Å²) in [5, 5.41) is 26.9. The van der Waals surface area contributed by atoms with Crippen LogP contribution in [0.2, 0.25) is 0 Å². The van der Waals surface area contributed by atoms with Gasteiger partial charge in [0.15, 0.2) is 0 Å². The van der Waals surface area contributed by atoms with Gasteiger partial charge in [0.1, 0.15) is 6.61 Å². The molecule has 0 spiro atoms. The number of oxime groups is 1. The highest BCUT2D eigenvalue weighted by Gasteiger charge is 2.66. The Morgan fingerprint density at radius 1 is 1.03 bits per heavy atom. The molecule has 0 saturated heterocycles. The predicted molar refractivity (Wildman–Crippen MR) is 125 cm³/mol. The van der Waals surface area contributed by atoms with Crippen molar-refractivity contribution in [2.75, 3.05) is 27.2 Å². The van der Waals surface area contributed by atoms with Gasteiger partial charge in [-0.05, 0) is 120 Å². The number of nitrogens with zero attached hydrogens (tertiary/aromatic N) is 2. The minimum absolute atomic E-state index is 0.0219. The van der Waals surface area contributed by atoms with Crippen molar-refractivity contribution in [3.63, 3.8) is 0 Å². The third-order valence-corrected chi connectivity index (χ3v) is 10.4. The number of likely N-dealkylation sites (N-methyl/N-ethyl adjacent to an activating group) is 1. The summed E-state index contributed by atoms with van der Waals surface area (Å²) < 4.78 is 0. The van der Waals surface area contributed by atoms with E-state index in [2.05, 4.69) is 30.8 Å². The lowest BCUT2D eigenvalue weighted by Crippen LogP contribution is -2.62. The number of aliphatic hydroxyl groups excluding tert-OH is 1. The number of fused-ring (bicyclic) bond motifs is 5. The van der Waals surface area contributed by atoms with E-state index in [-0.39, 0.29) is 11.5 Å². The van der Waals surface area contributed by atoms with Crippen molar-refractivity contribution in [1.29, 1.82) is 0 Å². The number of rotatable bonds is 6. The Labute approximate surface area is 189 Å². The molecule has 5 nitrogen and oxygen atoms in total. The first-order chi connectivity index (χ1) is 14.6. The lowest BCUT2D eigenvalue weighted by molar-refractivity contribution is -0.209. The van der Waals surface area contributed by atoms with Gasteiger partial charge < -0.3 is 20.0 Å². The quantitative estimate of drug-likeness (QED) is 0.368. The molecule has 0 aromatic heterocycles. The molecule has 0 radical (unpaired) electrons. The minimum Gasteiger partial charge on any atom is -0.394 e. The van der Waals surface area contributed by atoms with Crippen molar-refractivity contribution in [2.24, 2.45) is 39.7 Å². The van der Waals surface area contributed by atoms with E-state index in [4.69, 9.17) is 4.84 Å². The van der Waals surface area contributed by atoms with Gasteiger partial charge >= 0.3 is 0 Å². The van der Waals surface area contributed by atoms with Crippen molar-refractivity contribution >= 4 is 5.71 Å². The summed E-state index contributed by atoms with van der Waals surface area (Å²) in [5.41, 5.74) is 0.797. The van der Waals surface area contributed by atoms with Crippen LogP contribution < -0.4 is 0 Å². The standard InChI is InChI=1S/C26H46N2O3/c1-18(27-31-15-14-28(4)5)16-20-8-13-26(30)23-7-6-19-17-21(29)9-11-24(19,2)22(23)10-12-25(20,26)3/h19-23,29-30H,6-17H2,1-5H3/t19-,20-,21+,22+,23-,24+,25-,26+/m1/s1. The van der Waals surface area contributed by atoms with Crippen LogP contribution in [-0.4, -0.2) is 59.8 Å². The van der Waals surface area contributed by atoms with E-state index in [1.54, 1.807) is 0 Å². The fourth-order valence-electron chi connectivity index (χ4n) is 8.41. The first-order valence-corrected chi connectivity index (χ1v) is 12.8. The summed E-state index contributed by atoms with van der Waals surface area (Å²) in [6.07, 6.45) is 10.6.